The Morgan fingerprint density at radius 2 is 1.76 bits per heavy atom. The molecule has 3 rings (SSSR count). The van der Waals surface area contributed by atoms with Crippen molar-refractivity contribution in [1.29, 1.82) is 0 Å². The quantitative estimate of drug-likeness (QED) is 0.215. The van der Waals surface area contributed by atoms with Gasteiger partial charge in [-0.3, -0.25) is 9.32 Å². The van der Waals surface area contributed by atoms with E-state index in [0.29, 0.717) is 5.56 Å². The van der Waals surface area contributed by atoms with Gasteiger partial charge in [0.05, 0.1) is 12.2 Å². The molecule has 0 amide bonds. The van der Waals surface area contributed by atoms with Gasteiger partial charge in [-0.2, -0.15) is 13.6 Å². The summed E-state index contributed by atoms with van der Waals surface area (Å²) in [6.07, 6.45) is -4.76. The van der Waals surface area contributed by atoms with E-state index in [-0.39, 0.29) is 11.4 Å². The normalized spacial score (nSPS) is 27.4. The monoisotopic (exact) mass is 532 g/mol. The minimum absolute atomic E-state index is 0.113. The molecule has 0 saturated carbocycles. The van der Waals surface area contributed by atoms with E-state index < -0.39 is 60.1 Å². The van der Waals surface area contributed by atoms with E-state index in [9.17, 15) is 33.6 Å². The van der Waals surface area contributed by atoms with Crippen molar-refractivity contribution in [3.05, 3.63) is 39.8 Å². The fourth-order valence-electron chi connectivity index (χ4n) is 3.08. The van der Waals surface area contributed by atoms with Gasteiger partial charge in [-0.05, 0) is 24.6 Å². The van der Waals surface area contributed by atoms with Gasteiger partial charge in [-0.1, -0.05) is 0 Å². The number of fused-ring (bicyclic) bond motifs is 1. The van der Waals surface area contributed by atoms with Gasteiger partial charge in [0.15, 0.2) is 0 Å². The summed E-state index contributed by atoms with van der Waals surface area (Å²) in [7, 11) is -16.8. The lowest BCUT2D eigenvalue weighted by molar-refractivity contribution is -0.0226. The Labute approximate surface area is 184 Å². The Kier molecular flexibility index (Phi) is 7.45. The summed E-state index contributed by atoms with van der Waals surface area (Å²) >= 11 is 0. The Balaban J connectivity index is 1.74. The molecule has 6 atom stereocenters. The average Bonchev–Trinajstić information content (AvgIpc) is 2.91. The molecule has 19 heteroatoms. The fourth-order valence-corrected chi connectivity index (χ4v) is 6.11. The van der Waals surface area contributed by atoms with Crippen molar-refractivity contribution in [2.75, 3.05) is 6.61 Å². The number of H-pyrrole nitrogens is 1. The van der Waals surface area contributed by atoms with Crippen molar-refractivity contribution >= 4 is 23.5 Å². The second-order valence-corrected chi connectivity index (χ2v) is 11.3. The predicted octanol–water partition coefficient (Wildman–Crippen LogP) is -0.312. The number of hydrogen-bond acceptors (Lipinski definition) is 11. The van der Waals surface area contributed by atoms with Crippen LogP contribution >= 0.6 is 23.5 Å². The highest BCUT2D eigenvalue weighted by atomic mass is 31.3. The van der Waals surface area contributed by atoms with Crippen molar-refractivity contribution in [3.8, 4) is 11.4 Å². The maximum absolute atomic E-state index is 12.4. The molecule has 184 valence electrons. The van der Waals surface area contributed by atoms with Gasteiger partial charge in [-0.15, -0.1) is 0 Å². The van der Waals surface area contributed by atoms with Crippen LogP contribution in [-0.4, -0.2) is 64.7 Å². The molecular weight excluding hydrogens is 513 g/mol. The number of phosphoric ester groups is 1. The molecule has 3 aliphatic heterocycles. The molecule has 3 aliphatic rings. The SMILES string of the molecule is Cc1cc[nH]c2nc(=O)c([C@@H]3O[C@H](COP(=O)(O)OP(=O)(O)OP(=O)(O)O)[C@H](O)C3O)cc1-2. The van der Waals surface area contributed by atoms with Gasteiger partial charge in [0.1, 0.15) is 30.2 Å². The Bertz CT molecular complexity index is 1200. The molecule has 0 aromatic rings. The lowest BCUT2D eigenvalue weighted by Crippen LogP contribution is -2.33. The first-order valence-electron chi connectivity index (χ1n) is 8.87. The Hall–Kier alpha value is -1.35. The third-order valence-electron chi connectivity index (χ3n) is 4.48. The summed E-state index contributed by atoms with van der Waals surface area (Å²) in [6.45, 7) is 0.749. The number of aromatic nitrogens is 2. The standard InChI is InChI=1S/C14H19N2O14P3/c1-6-2-3-15-13-7(6)4-8(14(19)16-13)12-11(18)10(17)9(28-12)5-27-32(23,24)30-33(25,26)29-31(20,21)22/h2-4,9-12,17-18H,5H2,1H3,(H,23,24)(H,25,26)(H,15,16,19)(H2,20,21,22)/t9-,10+,11?,12+/m1/s1. The zero-order valence-electron chi connectivity index (χ0n) is 16.5. The molecule has 33 heavy (non-hydrogen) atoms. The molecule has 0 bridgehead atoms. The molecule has 0 radical (unpaired) electrons. The fraction of sp³-hybridized carbons (Fsp3) is 0.429. The molecule has 7 N–H and O–H groups in total. The van der Waals surface area contributed by atoms with Gasteiger partial charge in [-0.25, -0.2) is 13.7 Å². The minimum Gasteiger partial charge on any atom is -0.387 e. The number of hydrogen-bond donors (Lipinski definition) is 7. The lowest BCUT2D eigenvalue weighted by atomic mass is 9.99. The highest BCUT2D eigenvalue weighted by Gasteiger charge is 2.47. The number of ether oxygens (including phenoxy) is 1. The van der Waals surface area contributed by atoms with Crippen LogP contribution in [0.15, 0.2) is 23.1 Å². The maximum atomic E-state index is 12.4. The van der Waals surface area contributed by atoms with E-state index >= 15 is 0 Å². The molecule has 0 aliphatic carbocycles. The predicted molar refractivity (Wildman–Crippen MR) is 106 cm³/mol. The number of phosphoric acid groups is 3. The summed E-state index contributed by atoms with van der Waals surface area (Å²) in [4.78, 5) is 54.7. The van der Waals surface area contributed by atoms with Gasteiger partial charge >= 0.3 is 23.5 Å². The van der Waals surface area contributed by atoms with Crippen molar-refractivity contribution in [3.63, 3.8) is 0 Å². The average molecular weight is 532 g/mol. The van der Waals surface area contributed by atoms with E-state index in [1.165, 1.54) is 6.07 Å². The molecule has 0 aromatic carbocycles. The van der Waals surface area contributed by atoms with Crippen molar-refractivity contribution in [1.82, 2.24) is 9.97 Å². The first-order valence-corrected chi connectivity index (χ1v) is 13.4. The van der Waals surface area contributed by atoms with E-state index in [1.807, 2.05) is 0 Å². The summed E-state index contributed by atoms with van der Waals surface area (Å²) in [6, 6.07) is 3.12. The Morgan fingerprint density at radius 3 is 2.39 bits per heavy atom. The second kappa shape index (κ2) is 9.36. The molecule has 16 nitrogen and oxygen atoms in total. The number of pyridine rings is 2. The topological polar surface area (TPSA) is 255 Å². The Morgan fingerprint density at radius 1 is 1.09 bits per heavy atom. The van der Waals surface area contributed by atoms with Crippen LogP contribution in [0.2, 0.25) is 0 Å². The molecule has 0 aromatic heterocycles. The molecule has 1 fully saturated rings. The van der Waals surface area contributed by atoms with Crippen LogP contribution in [0.1, 0.15) is 17.2 Å². The van der Waals surface area contributed by atoms with Crippen LogP contribution < -0.4 is 5.56 Å². The largest absolute Gasteiger partial charge is 0.490 e. The second-order valence-electron chi connectivity index (χ2n) is 6.90. The van der Waals surface area contributed by atoms with Crippen LogP contribution in [0.5, 0.6) is 0 Å². The smallest absolute Gasteiger partial charge is 0.387 e. The number of rotatable bonds is 8. The van der Waals surface area contributed by atoms with Gasteiger partial charge in [0, 0.05) is 11.8 Å². The van der Waals surface area contributed by atoms with Gasteiger partial charge in [0.2, 0.25) is 0 Å². The molecule has 3 heterocycles. The number of aliphatic hydroxyl groups is 2. The first kappa shape index (κ1) is 26.3. The van der Waals surface area contributed by atoms with Crippen LogP contribution in [-0.2, 0) is 31.6 Å². The van der Waals surface area contributed by atoms with Gasteiger partial charge in [0.25, 0.3) is 5.56 Å². The molecule has 0 spiro atoms. The lowest BCUT2D eigenvalue weighted by Gasteiger charge is -2.19. The molecule has 3 unspecified atom stereocenters. The van der Waals surface area contributed by atoms with Crippen LogP contribution in [0.3, 0.4) is 0 Å². The van der Waals surface area contributed by atoms with E-state index in [0.717, 1.165) is 5.56 Å². The highest BCUT2D eigenvalue weighted by molar-refractivity contribution is 7.66. The maximum Gasteiger partial charge on any atom is 0.490 e. The summed E-state index contributed by atoms with van der Waals surface area (Å²) < 4.78 is 50.8. The van der Waals surface area contributed by atoms with Crippen LogP contribution in [0.4, 0.5) is 0 Å². The number of nitrogens with zero attached hydrogens (tertiary/aromatic N) is 1. The van der Waals surface area contributed by atoms with Crippen molar-refractivity contribution in [2.45, 2.75) is 31.3 Å². The first-order chi connectivity index (χ1) is 15.1. The zero-order chi connectivity index (χ0) is 24.8. The number of nitrogens with one attached hydrogen (secondary N) is 1. The summed E-state index contributed by atoms with van der Waals surface area (Å²) in [5.74, 6) is 0.279. The number of aromatic amines is 1. The highest BCUT2D eigenvalue weighted by Crippen LogP contribution is 2.66. The summed E-state index contributed by atoms with van der Waals surface area (Å²) in [5, 5.41) is 20.5. The molecular formula is C14H19N2O14P3. The third kappa shape index (κ3) is 6.41. The molecule has 1 saturated heterocycles. The van der Waals surface area contributed by atoms with Gasteiger partial charge < -0.3 is 39.5 Å². The van der Waals surface area contributed by atoms with E-state index in [1.54, 1.807) is 19.2 Å². The number of aryl methyl sites for hydroxylation is 1. The van der Waals surface area contributed by atoms with Crippen molar-refractivity contribution in [2.24, 2.45) is 0 Å². The zero-order valence-corrected chi connectivity index (χ0v) is 19.2. The summed E-state index contributed by atoms with van der Waals surface area (Å²) in [5.41, 5.74) is 0.399. The van der Waals surface area contributed by atoms with E-state index in [2.05, 4.69) is 23.1 Å². The third-order valence-corrected chi connectivity index (χ3v) is 8.28. The number of aliphatic hydroxyl groups excluding tert-OH is 2. The van der Waals surface area contributed by atoms with Crippen molar-refractivity contribution < 1.29 is 61.4 Å². The van der Waals surface area contributed by atoms with Crippen LogP contribution in [0.25, 0.3) is 11.4 Å². The van der Waals surface area contributed by atoms with Crippen LogP contribution in [0, 0.1) is 6.92 Å². The van der Waals surface area contributed by atoms with E-state index in [4.69, 9.17) is 19.4 Å². The minimum atomic E-state index is -5.73.